The molecule has 0 aromatic heterocycles. The fourth-order valence-electron chi connectivity index (χ4n) is 3.38. The summed E-state index contributed by atoms with van der Waals surface area (Å²) in [5, 5.41) is 11.5. The Morgan fingerprint density at radius 1 is 1.34 bits per heavy atom. The number of hydrogen-bond donors (Lipinski definition) is 0. The third kappa shape index (κ3) is 6.11. The van der Waals surface area contributed by atoms with Gasteiger partial charge in [-0.15, -0.1) is 0 Å². The van der Waals surface area contributed by atoms with E-state index in [2.05, 4.69) is 18.7 Å². The predicted molar refractivity (Wildman–Crippen MR) is 110 cm³/mol. The van der Waals surface area contributed by atoms with Crippen LogP contribution in [0.3, 0.4) is 0 Å². The molecule has 1 heterocycles. The summed E-state index contributed by atoms with van der Waals surface area (Å²) in [4.78, 5) is 13.1. The molecule has 2 rings (SSSR count). The number of benzene rings is 1. The van der Waals surface area contributed by atoms with E-state index >= 15 is 0 Å². The SMILES string of the molecule is CCN(CC)S(=O)(=O)c1ccc(OC[C@@H]2CN(CC(C)C)CCO2)c([N+](=O)[O-])c1. The summed E-state index contributed by atoms with van der Waals surface area (Å²) in [6.45, 7) is 11.6. The van der Waals surface area contributed by atoms with Gasteiger partial charge >= 0.3 is 5.69 Å². The molecule has 1 aliphatic heterocycles. The van der Waals surface area contributed by atoms with Crippen LogP contribution in [-0.4, -0.2) is 74.6 Å². The van der Waals surface area contributed by atoms with E-state index in [-0.39, 0.29) is 42.1 Å². The minimum atomic E-state index is -3.79. The Labute approximate surface area is 172 Å². The van der Waals surface area contributed by atoms with Gasteiger partial charge in [-0.2, -0.15) is 4.31 Å². The van der Waals surface area contributed by atoms with Gasteiger partial charge in [0.2, 0.25) is 10.0 Å². The fourth-order valence-corrected chi connectivity index (χ4v) is 4.86. The normalized spacial score (nSPS) is 18.3. The highest BCUT2D eigenvalue weighted by Gasteiger charge is 2.27. The van der Waals surface area contributed by atoms with E-state index in [9.17, 15) is 18.5 Å². The highest BCUT2D eigenvalue weighted by atomic mass is 32.2. The second-order valence-corrected chi connectivity index (χ2v) is 9.37. The first-order chi connectivity index (χ1) is 13.7. The Balaban J connectivity index is 2.14. The topological polar surface area (TPSA) is 102 Å². The van der Waals surface area contributed by atoms with Crippen LogP contribution in [-0.2, 0) is 14.8 Å². The lowest BCUT2D eigenvalue weighted by atomic mass is 10.2. The number of nitro benzene ring substituents is 1. The lowest BCUT2D eigenvalue weighted by Crippen LogP contribution is -2.46. The fraction of sp³-hybridized carbons (Fsp3) is 0.684. The third-order valence-electron chi connectivity index (χ3n) is 4.74. The molecular weight excluding hydrogens is 398 g/mol. The summed E-state index contributed by atoms with van der Waals surface area (Å²) < 4.78 is 37.9. The Morgan fingerprint density at radius 3 is 2.62 bits per heavy atom. The molecule has 1 aromatic rings. The maximum absolute atomic E-state index is 12.6. The van der Waals surface area contributed by atoms with Gasteiger partial charge in [-0.3, -0.25) is 15.0 Å². The van der Waals surface area contributed by atoms with Crippen LogP contribution in [0.5, 0.6) is 5.75 Å². The smallest absolute Gasteiger partial charge is 0.312 e. The molecule has 29 heavy (non-hydrogen) atoms. The summed E-state index contributed by atoms with van der Waals surface area (Å²) >= 11 is 0. The van der Waals surface area contributed by atoms with Gasteiger partial charge in [0.25, 0.3) is 0 Å². The standard InChI is InChI=1S/C19H31N3O6S/c1-5-21(6-2)29(25,26)17-7-8-19(18(11-17)22(23)24)28-14-16-13-20(9-10-27-16)12-15(3)4/h7-8,11,15-16H,5-6,9-10,12-14H2,1-4H3/t16-/m0/s1. The van der Waals surface area contributed by atoms with Crippen molar-refractivity contribution in [2.45, 2.75) is 38.7 Å². The molecule has 0 amide bonds. The highest BCUT2D eigenvalue weighted by Crippen LogP contribution is 2.31. The minimum Gasteiger partial charge on any atom is -0.484 e. The molecule has 9 nitrogen and oxygen atoms in total. The van der Waals surface area contributed by atoms with Gasteiger partial charge in [-0.05, 0) is 18.1 Å². The number of ether oxygens (including phenoxy) is 2. The molecule has 0 saturated carbocycles. The Bertz CT molecular complexity index is 795. The number of morpholine rings is 1. The number of rotatable bonds is 10. The Morgan fingerprint density at radius 2 is 2.03 bits per heavy atom. The number of sulfonamides is 1. The zero-order chi connectivity index (χ0) is 21.6. The van der Waals surface area contributed by atoms with Gasteiger partial charge < -0.3 is 9.47 Å². The van der Waals surface area contributed by atoms with Gasteiger partial charge in [0.05, 0.1) is 16.4 Å². The van der Waals surface area contributed by atoms with Crippen LogP contribution in [0.15, 0.2) is 23.1 Å². The van der Waals surface area contributed by atoms with Crippen molar-refractivity contribution in [3.8, 4) is 5.75 Å². The van der Waals surface area contributed by atoms with E-state index < -0.39 is 14.9 Å². The first-order valence-electron chi connectivity index (χ1n) is 9.94. The zero-order valence-electron chi connectivity index (χ0n) is 17.5. The summed E-state index contributed by atoms with van der Waals surface area (Å²) in [5.74, 6) is 0.578. The molecule has 164 valence electrons. The Hall–Kier alpha value is -1.75. The molecule has 0 bridgehead atoms. The van der Waals surface area contributed by atoms with Crippen LogP contribution in [0.4, 0.5) is 5.69 Å². The van der Waals surface area contributed by atoms with Gasteiger partial charge in [-0.25, -0.2) is 8.42 Å². The van der Waals surface area contributed by atoms with Gasteiger partial charge in [0, 0.05) is 38.8 Å². The number of hydrogen-bond acceptors (Lipinski definition) is 7. The van der Waals surface area contributed by atoms with E-state index in [1.807, 2.05) is 0 Å². The van der Waals surface area contributed by atoms with E-state index in [0.717, 1.165) is 19.2 Å². The molecule has 1 aromatic carbocycles. The van der Waals surface area contributed by atoms with Crippen LogP contribution in [0.2, 0.25) is 0 Å². The van der Waals surface area contributed by atoms with Gasteiger partial charge in [-0.1, -0.05) is 27.7 Å². The molecule has 0 aliphatic carbocycles. The molecule has 0 spiro atoms. The second kappa shape index (κ2) is 10.3. The number of nitro groups is 1. The monoisotopic (exact) mass is 429 g/mol. The van der Waals surface area contributed by atoms with Gasteiger partial charge in [0.1, 0.15) is 12.7 Å². The van der Waals surface area contributed by atoms with Crippen LogP contribution in [0.1, 0.15) is 27.7 Å². The molecule has 1 saturated heterocycles. The second-order valence-electron chi connectivity index (χ2n) is 7.43. The Kier molecular flexibility index (Phi) is 8.38. The zero-order valence-corrected chi connectivity index (χ0v) is 18.4. The summed E-state index contributed by atoms with van der Waals surface area (Å²) in [7, 11) is -3.79. The maximum Gasteiger partial charge on any atom is 0.312 e. The molecule has 0 N–H and O–H groups in total. The van der Waals surface area contributed by atoms with Crippen molar-refractivity contribution in [3.05, 3.63) is 28.3 Å². The van der Waals surface area contributed by atoms with Crippen molar-refractivity contribution < 1.29 is 22.8 Å². The van der Waals surface area contributed by atoms with E-state index in [0.29, 0.717) is 19.1 Å². The summed E-state index contributed by atoms with van der Waals surface area (Å²) in [5.41, 5.74) is -0.368. The van der Waals surface area contributed by atoms with Crippen LogP contribution in [0, 0.1) is 16.0 Å². The molecule has 1 aliphatic rings. The van der Waals surface area contributed by atoms with Crippen LogP contribution < -0.4 is 4.74 Å². The van der Waals surface area contributed by atoms with Crippen molar-refractivity contribution >= 4 is 15.7 Å². The first kappa shape index (κ1) is 23.5. The van der Waals surface area contributed by atoms with Gasteiger partial charge in [0.15, 0.2) is 5.75 Å². The molecular formula is C19H31N3O6S. The van der Waals surface area contributed by atoms with Crippen molar-refractivity contribution in [3.63, 3.8) is 0 Å². The average molecular weight is 430 g/mol. The van der Waals surface area contributed by atoms with E-state index in [1.54, 1.807) is 13.8 Å². The van der Waals surface area contributed by atoms with Crippen molar-refractivity contribution in [1.82, 2.24) is 9.21 Å². The van der Waals surface area contributed by atoms with E-state index in [4.69, 9.17) is 9.47 Å². The van der Waals surface area contributed by atoms with Crippen molar-refractivity contribution in [1.29, 1.82) is 0 Å². The summed E-state index contributed by atoms with van der Waals surface area (Å²) in [6, 6.07) is 3.77. The minimum absolute atomic E-state index is 0.0399. The first-order valence-corrected chi connectivity index (χ1v) is 11.4. The van der Waals surface area contributed by atoms with Crippen LogP contribution >= 0.6 is 0 Å². The molecule has 0 unspecified atom stereocenters. The summed E-state index contributed by atoms with van der Waals surface area (Å²) in [6.07, 6.45) is -0.193. The molecule has 0 radical (unpaired) electrons. The predicted octanol–water partition coefficient (Wildman–Crippen LogP) is 2.36. The molecule has 1 fully saturated rings. The highest BCUT2D eigenvalue weighted by molar-refractivity contribution is 7.89. The quantitative estimate of drug-likeness (QED) is 0.415. The lowest BCUT2D eigenvalue weighted by molar-refractivity contribution is -0.386. The molecule has 1 atom stereocenters. The van der Waals surface area contributed by atoms with E-state index in [1.165, 1.54) is 16.4 Å². The average Bonchev–Trinajstić information content (AvgIpc) is 2.66. The maximum atomic E-state index is 12.6. The lowest BCUT2D eigenvalue weighted by Gasteiger charge is -2.33. The number of nitrogens with zero attached hydrogens (tertiary/aromatic N) is 3. The molecule has 10 heteroatoms. The largest absolute Gasteiger partial charge is 0.484 e. The third-order valence-corrected chi connectivity index (χ3v) is 6.79. The van der Waals surface area contributed by atoms with Crippen molar-refractivity contribution in [2.24, 2.45) is 5.92 Å². The van der Waals surface area contributed by atoms with Crippen LogP contribution in [0.25, 0.3) is 0 Å². The van der Waals surface area contributed by atoms with Crippen molar-refractivity contribution in [2.75, 3.05) is 45.9 Å².